The van der Waals surface area contributed by atoms with Gasteiger partial charge in [-0.15, -0.1) is 0 Å². The molecule has 1 heterocycles. The molecule has 2 aromatic rings. The Morgan fingerprint density at radius 2 is 1.74 bits per heavy atom. The lowest BCUT2D eigenvalue weighted by Crippen LogP contribution is -2.51. The molecule has 0 bridgehead atoms. The molecule has 144 valence electrons. The van der Waals surface area contributed by atoms with Crippen LogP contribution in [0.1, 0.15) is 35.7 Å². The van der Waals surface area contributed by atoms with Gasteiger partial charge in [-0.2, -0.15) is 0 Å². The third kappa shape index (κ3) is 4.87. The minimum Gasteiger partial charge on any atom is -0.348 e. The number of carbonyl (C=O) groups is 1. The highest BCUT2D eigenvalue weighted by Gasteiger charge is 2.23. The van der Waals surface area contributed by atoms with Gasteiger partial charge in [-0.05, 0) is 69.6 Å². The molecule has 0 aromatic heterocycles. The molecule has 1 saturated heterocycles. The van der Waals surface area contributed by atoms with E-state index in [-0.39, 0.29) is 22.9 Å². The first kappa shape index (κ1) is 19.4. The van der Waals surface area contributed by atoms with Crippen LogP contribution in [0.3, 0.4) is 0 Å². The van der Waals surface area contributed by atoms with Gasteiger partial charge in [0.05, 0.1) is 4.90 Å². The zero-order valence-corrected chi connectivity index (χ0v) is 16.3. The number of carbonyl (C=O) groups excluding carboxylic acids is 1. The maximum atomic E-state index is 12.5. The number of hydrogen-bond acceptors (Lipinski definition) is 4. The summed E-state index contributed by atoms with van der Waals surface area (Å²) in [6, 6.07) is 13.4. The lowest BCUT2D eigenvalue weighted by Gasteiger charge is -2.30. The van der Waals surface area contributed by atoms with Gasteiger partial charge in [0, 0.05) is 23.3 Å². The molecule has 0 aliphatic carbocycles. The number of sulfonamides is 1. The Morgan fingerprint density at radius 1 is 1.07 bits per heavy atom. The highest BCUT2D eigenvalue weighted by Crippen LogP contribution is 2.17. The molecule has 1 fully saturated rings. The van der Waals surface area contributed by atoms with Crippen LogP contribution in [0.25, 0.3) is 0 Å². The first-order valence-corrected chi connectivity index (χ1v) is 10.6. The van der Waals surface area contributed by atoms with Crippen molar-refractivity contribution < 1.29 is 13.2 Å². The van der Waals surface area contributed by atoms with Crippen molar-refractivity contribution in [2.45, 2.75) is 43.7 Å². The fourth-order valence-electron chi connectivity index (χ4n) is 3.11. The molecular formula is C20H25N3O3S. The summed E-state index contributed by atoms with van der Waals surface area (Å²) in [7, 11) is -3.70. The Morgan fingerprint density at radius 3 is 2.37 bits per heavy atom. The number of hydrogen-bond donors (Lipinski definition) is 3. The zero-order valence-electron chi connectivity index (χ0n) is 15.5. The second kappa shape index (κ2) is 8.10. The number of benzene rings is 2. The van der Waals surface area contributed by atoms with Gasteiger partial charge >= 0.3 is 0 Å². The molecule has 6 nitrogen and oxygen atoms in total. The van der Waals surface area contributed by atoms with E-state index < -0.39 is 10.0 Å². The summed E-state index contributed by atoms with van der Waals surface area (Å²) in [5.41, 5.74) is 2.00. The molecule has 2 unspecified atom stereocenters. The molecule has 3 rings (SSSR count). The van der Waals surface area contributed by atoms with Gasteiger partial charge in [0.1, 0.15) is 0 Å². The Kier molecular flexibility index (Phi) is 5.82. The van der Waals surface area contributed by atoms with Gasteiger partial charge < -0.3 is 10.6 Å². The van der Waals surface area contributed by atoms with Crippen molar-refractivity contribution in [3.05, 3.63) is 59.7 Å². The van der Waals surface area contributed by atoms with E-state index in [1.807, 2.05) is 19.1 Å². The molecule has 0 radical (unpaired) electrons. The van der Waals surface area contributed by atoms with Crippen LogP contribution in [0.15, 0.2) is 53.4 Å². The Bertz CT molecular complexity index is 893. The van der Waals surface area contributed by atoms with Crippen LogP contribution < -0.4 is 15.4 Å². The van der Waals surface area contributed by atoms with E-state index in [9.17, 15) is 13.2 Å². The number of anilines is 1. The summed E-state index contributed by atoms with van der Waals surface area (Å²) >= 11 is 0. The average Bonchev–Trinajstić information content (AvgIpc) is 2.65. The monoisotopic (exact) mass is 387 g/mol. The number of nitrogens with one attached hydrogen (secondary N) is 3. The number of piperidine rings is 1. The normalized spacial score (nSPS) is 20.1. The smallest absolute Gasteiger partial charge is 0.261 e. The summed E-state index contributed by atoms with van der Waals surface area (Å²) in [5.74, 6) is -0.189. The van der Waals surface area contributed by atoms with E-state index in [1.54, 1.807) is 24.3 Å². The summed E-state index contributed by atoms with van der Waals surface area (Å²) in [6.07, 6.45) is 1.96. The predicted molar refractivity (Wildman–Crippen MR) is 106 cm³/mol. The molecule has 27 heavy (non-hydrogen) atoms. The lowest BCUT2D eigenvalue weighted by atomic mass is 9.99. The van der Waals surface area contributed by atoms with Crippen molar-refractivity contribution >= 4 is 21.6 Å². The van der Waals surface area contributed by atoms with Crippen molar-refractivity contribution in [3.63, 3.8) is 0 Å². The Labute approximate surface area is 160 Å². The molecule has 1 aliphatic rings. The summed E-state index contributed by atoms with van der Waals surface area (Å²) < 4.78 is 27.6. The molecule has 1 aliphatic heterocycles. The van der Waals surface area contributed by atoms with E-state index in [2.05, 4.69) is 22.3 Å². The van der Waals surface area contributed by atoms with Crippen molar-refractivity contribution in [1.82, 2.24) is 10.6 Å². The highest BCUT2D eigenvalue weighted by atomic mass is 32.2. The van der Waals surface area contributed by atoms with Crippen LogP contribution in [0.4, 0.5) is 5.69 Å². The zero-order chi connectivity index (χ0) is 19.4. The third-order valence-electron chi connectivity index (χ3n) is 4.81. The van der Waals surface area contributed by atoms with Crippen LogP contribution in [-0.4, -0.2) is 33.0 Å². The number of amides is 1. The van der Waals surface area contributed by atoms with E-state index in [4.69, 9.17) is 0 Å². The fraction of sp³-hybridized carbons (Fsp3) is 0.350. The van der Waals surface area contributed by atoms with Crippen LogP contribution in [0.5, 0.6) is 0 Å². The SMILES string of the molecule is Cc1ccc(NS(=O)(=O)c2ccc(C(=O)NC3CCCNC3C)cc2)cc1. The molecule has 0 saturated carbocycles. The Balaban J connectivity index is 1.68. The third-order valence-corrected chi connectivity index (χ3v) is 6.21. The van der Waals surface area contributed by atoms with Crippen molar-refractivity contribution in [2.24, 2.45) is 0 Å². The maximum absolute atomic E-state index is 12.5. The fourth-order valence-corrected chi connectivity index (χ4v) is 4.17. The molecule has 3 N–H and O–H groups in total. The van der Waals surface area contributed by atoms with Crippen LogP contribution in [0, 0.1) is 6.92 Å². The molecule has 7 heteroatoms. The average molecular weight is 388 g/mol. The second-order valence-corrected chi connectivity index (χ2v) is 8.64. The van der Waals surface area contributed by atoms with E-state index in [1.165, 1.54) is 12.1 Å². The summed E-state index contributed by atoms with van der Waals surface area (Å²) in [4.78, 5) is 12.6. The summed E-state index contributed by atoms with van der Waals surface area (Å²) in [5, 5.41) is 6.36. The number of aryl methyl sites for hydroxylation is 1. The minimum absolute atomic E-state index is 0.0814. The first-order valence-electron chi connectivity index (χ1n) is 9.09. The number of rotatable bonds is 5. The lowest BCUT2D eigenvalue weighted by molar-refractivity contribution is 0.0919. The van der Waals surface area contributed by atoms with Gasteiger partial charge in [-0.3, -0.25) is 9.52 Å². The van der Waals surface area contributed by atoms with Gasteiger partial charge in [-0.1, -0.05) is 17.7 Å². The van der Waals surface area contributed by atoms with Gasteiger partial charge in [-0.25, -0.2) is 8.42 Å². The van der Waals surface area contributed by atoms with Crippen LogP contribution >= 0.6 is 0 Å². The van der Waals surface area contributed by atoms with Gasteiger partial charge in [0.25, 0.3) is 15.9 Å². The van der Waals surface area contributed by atoms with Crippen molar-refractivity contribution in [3.8, 4) is 0 Å². The molecule has 2 atom stereocenters. The minimum atomic E-state index is -3.70. The van der Waals surface area contributed by atoms with Crippen molar-refractivity contribution in [1.29, 1.82) is 0 Å². The van der Waals surface area contributed by atoms with E-state index in [0.717, 1.165) is 24.9 Å². The quantitative estimate of drug-likeness (QED) is 0.736. The largest absolute Gasteiger partial charge is 0.348 e. The van der Waals surface area contributed by atoms with Crippen LogP contribution in [0.2, 0.25) is 0 Å². The van der Waals surface area contributed by atoms with Gasteiger partial charge in [0.15, 0.2) is 0 Å². The van der Waals surface area contributed by atoms with Crippen LogP contribution in [-0.2, 0) is 10.0 Å². The summed E-state index contributed by atoms with van der Waals surface area (Å²) in [6.45, 7) is 4.96. The molecule has 0 spiro atoms. The molecule has 1 amide bonds. The second-order valence-electron chi connectivity index (χ2n) is 6.96. The van der Waals surface area contributed by atoms with E-state index >= 15 is 0 Å². The standard InChI is InChI=1S/C20H25N3O3S/c1-14-5-9-17(10-6-14)23-27(25,26)18-11-7-16(8-12-18)20(24)22-19-4-3-13-21-15(19)2/h5-12,15,19,21,23H,3-4,13H2,1-2H3,(H,22,24). The van der Waals surface area contributed by atoms with E-state index in [0.29, 0.717) is 11.3 Å². The van der Waals surface area contributed by atoms with Crippen molar-refractivity contribution in [2.75, 3.05) is 11.3 Å². The Hall–Kier alpha value is -2.38. The highest BCUT2D eigenvalue weighted by molar-refractivity contribution is 7.92. The molecular weight excluding hydrogens is 362 g/mol. The predicted octanol–water partition coefficient (Wildman–Crippen LogP) is 2.67. The first-order chi connectivity index (χ1) is 12.8. The topological polar surface area (TPSA) is 87.3 Å². The maximum Gasteiger partial charge on any atom is 0.261 e. The van der Waals surface area contributed by atoms with Gasteiger partial charge in [0.2, 0.25) is 0 Å². The molecule has 2 aromatic carbocycles.